The number of hydrogen-bond donors (Lipinski definition) is 1. The highest BCUT2D eigenvalue weighted by Gasteiger charge is 2.16. The average Bonchev–Trinajstić information content (AvgIpc) is 3.03. The summed E-state index contributed by atoms with van der Waals surface area (Å²) in [4.78, 5) is 5.25. The van der Waals surface area contributed by atoms with Gasteiger partial charge in [-0.25, -0.2) is 8.78 Å². The smallest absolute Gasteiger partial charge is 0.261 e. The summed E-state index contributed by atoms with van der Waals surface area (Å²) in [7, 11) is 0. The summed E-state index contributed by atoms with van der Waals surface area (Å²) in [5.41, 5.74) is 6.78. The van der Waals surface area contributed by atoms with Crippen molar-refractivity contribution >= 4 is 16.3 Å². The van der Waals surface area contributed by atoms with Gasteiger partial charge in [0.2, 0.25) is 5.82 Å². The van der Waals surface area contributed by atoms with Crippen LogP contribution in [0, 0.1) is 11.6 Å². The van der Waals surface area contributed by atoms with Crippen molar-refractivity contribution in [2.75, 3.05) is 5.73 Å². The molecule has 0 atom stereocenters. The van der Waals surface area contributed by atoms with Crippen molar-refractivity contribution in [3.8, 4) is 22.8 Å². The number of thiophene rings is 1. The van der Waals surface area contributed by atoms with E-state index in [1.54, 1.807) is 0 Å². The van der Waals surface area contributed by atoms with Gasteiger partial charge in [-0.1, -0.05) is 12.1 Å². The van der Waals surface area contributed by atoms with Gasteiger partial charge in [0.05, 0.1) is 10.6 Å². The molecule has 0 saturated carbocycles. The molecular weight excluding hydrogens is 296 g/mol. The van der Waals surface area contributed by atoms with E-state index < -0.39 is 11.6 Å². The maximum Gasteiger partial charge on any atom is 0.261 e. The summed E-state index contributed by atoms with van der Waals surface area (Å²) < 4.78 is 31.6. The molecule has 3 rings (SSSR count). The number of benzene rings is 1. The second kappa shape index (κ2) is 5.25. The molecule has 0 aliphatic heterocycles. The Hall–Kier alpha value is -2.28. The Morgan fingerprint density at radius 3 is 2.52 bits per heavy atom. The van der Waals surface area contributed by atoms with Crippen LogP contribution >= 0.6 is 11.3 Å². The van der Waals surface area contributed by atoms with Gasteiger partial charge < -0.3 is 10.3 Å². The second-order valence-electron chi connectivity index (χ2n) is 4.43. The molecule has 0 aliphatic carbocycles. The van der Waals surface area contributed by atoms with Crippen LogP contribution in [0.1, 0.15) is 11.8 Å². The number of aromatic nitrogens is 2. The van der Waals surface area contributed by atoms with E-state index in [-0.39, 0.29) is 17.3 Å². The first-order valence-corrected chi connectivity index (χ1v) is 7.07. The average molecular weight is 307 g/mol. The molecule has 4 nitrogen and oxygen atoms in total. The summed E-state index contributed by atoms with van der Waals surface area (Å²) in [6, 6.07) is 4.96. The number of nitrogens with zero attached hydrogens (tertiary/aromatic N) is 2. The van der Waals surface area contributed by atoms with E-state index in [2.05, 4.69) is 10.1 Å². The maximum atomic E-state index is 13.2. The Morgan fingerprint density at radius 1 is 1.19 bits per heavy atom. The normalized spacial score (nSPS) is 11.0. The van der Waals surface area contributed by atoms with Gasteiger partial charge in [0, 0.05) is 16.5 Å². The zero-order valence-corrected chi connectivity index (χ0v) is 11.9. The lowest BCUT2D eigenvalue weighted by atomic mass is 10.2. The standard InChI is InChI=1S/C14H11F2N3OS/c1-2-10-6-11(12(17)21-10)14-18-13(19-20-14)7-3-8(15)5-9(16)4-7/h3-6H,2,17H2,1H3. The van der Waals surface area contributed by atoms with Crippen molar-refractivity contribution in [1.82, 2.24) is 10.1 Å². The van der Waals surface area contributed by atoms with E-state index in [9.17, 15) is 8.78 Å². The predicted octanol–water partition coefficient (Wildman–Crippen LogP) is 3.89. The molecule has 0 fully saturated rings. The van der Waals surface area contributed by atoms with Crippen LogP contribution in [0.3, 0.4) is 0 Å². The van der Waals surface area contributed by atoms with Crippen molar-refractivity contribution < 1.29 is 13.3 Å². The van der Waals surface area contributed by atoms with Crippen LogP contribution in [-0.2, 0) is 6.42 Å². The van der Waals surface area contributed by atoms with E-state index in [4.69, 9.17) is 10.3 Å². The molecule has 1 aromatic carbocycles. The van der Waals surface area contributed by atoms with Crippen LogP contribution < -0.4 is 5.73 Å². The number of halogens is 2. The lowest BCUT2D eigenvalue weighted by Gasteiger charge is -1.95. The van der Waals surface area contributed by atoms with Gasteiger partial charge in [0.25, 0.3) is 5.89 Å². The van der Waals surface area contributed by atoms with Gasteiger partial charge in [-0.3, -0.25) is 0 Å². The predicted molar refractivity (Wildman–Crippen MR) is 76.8 cm³/mol. The van der Waals surface area contributed by atoms with Gasteiger partial charge in [-0.15, -0.1) is 11.3 Å². The molecule has 2 N–H and O–H groups in total. The minimum absolute atomic E-state index is 0.118. The van der Waals surface area contributed by atoms with E-state index in [1.165, 1.54) is 11.3 Å². The van der Waals surface area contributed by atoms with Crippen molar-refractivity contribution in [2.24, 2.45) is 0 Å². The molecular formula is C14H11F2N3OS. The summed E-state index contributed by atoms with van der Waals surface area (Å²) in [5.74, 6) is -1.03. The lowest BCUT2D eigenvalue weighted by Crippen LogP contribution is -1.86. The zero-order valence-electron chi connectivity index (χ0n) is 11.1. The summed E-state index contributed by atoms with van der Waals surface area (Å²) >= 11 is 1.45. The fraction of sp³-hybridized carbons (Fsp3) is 0.143. The highest BCUT2D eigenvalue weighted by Crippen LogP contribution is 2.34. The summed E-state index contributed by atoms with van der Waals surface area (Å²) in [6.45, 7) is 2.02. The molecule has 0 amide bonds. The summed E-state index contributed by atoms with van der Waals surface area (Å²) in [6.07, 6.45) is 0.852. The Labute approximate surface area is 123 Å². The van der Waals surface area contributed by atoms with Crippen molar-refractivity contribution in [3.63, 3.8) is 0 Å². The molecule has 2 aromatic heterocycles. The first-order valence-electron chi connectivity index (χ1n) is 6.25. The molecule has 0 bridgehead atoms. The number of nitrogens with two attached hydrogens (primary N) is 1. The zero-order chi connectivity index (χ0) is 15.0. The first-order chi connectivity index (χ1) is 10.1. The Kier molecular flexibility index (Phi) is 3.42. The van der Waals surface area contributed by atoms with Gasteiger partial charge >= 0.3 is 0 Å². The van der Waals surface area contributed by atoms with Crippen LogP contribution in [0.5, 0.6) is 0 Å². The second-order valence-corrected chi connectivity index (χ2v) is 5.59. The Morgan fingerprint density at radius 2 is 1.90 bits per heavy atom. The van der Waals surface area contributed by atoms with Crippen LogP contribution in [-0.4, -0.2) is 10.1 Å². The quantitative estimate of drug-likeness (QED) is 0.797. The molecule has 0 saturated heterocycles. The number of anilines is 1. The molecule has 2 heterocycles. The molecule has 21 heavy (non-hydrogen) atoms. The largest absolute Gasteiger partial charge is 0.390 e. The number of hydrogen-bond acceptors (Lipinski definition) is 5. The van der Waals surface area contributed by atoms with Crippen molar-refractivity contribution in [2.45, 2.75) is 13.3 Å². The van der Waals surface area contributed by atoms with Crippen LogP contribution in [0.25, 0.3) is 22.8 Å². The molecule has 0 radical (unpaired) electrons. The highest BCUT2D eigenvalue weighted by molar-refractivity contribution is 7.16. The number of nitrogen functional groups attached to an aromatic ring is 1. The lowest BCUT2D eigenvalue weighted by molar-refractivity contribution is 0.432. The number of aryl methyl sites for hydroxylation is 1. The monoisotopic (exact) mass is 307 g/mol. The minimum atomic E-state index is -0.695. The van der Waals surface area contributed by atoms with Gasteiger partial charge in [-0.05, 0) is 24.6 Å². The SMILES string of the molecule is CCc1cc(-c2nc(-c3cc(F)cc(F)c3)no2)c(N)s1. The third-order valence-corrected chi connectivity index (χ3v) is 4.05. The summed E-state index contributed by atoms with van der Waals surface area (Å²) in [5, 5.41) is 4.33. The fourth-order valence-corrected chi connectivity index (χ4v) is 2.79. The maximum absolute atomic E-state index is 13.2. The molecule has 108 valence electrons. The van der Waals surface area contributed by atoms with Crippen molar-refractivity contribution in [3.05, 3.63) is 40.8 Å². The van der Waals surface area contributed by atoms with Crippen LogP contribution in [0.15, 0.2) is 28.8 Å². The van der Waals surface area contributed by atoms with E-state index in [1.807, 2.05) is 13.0 Å². The Balaban J connectivity index is 2.01. The molecule has 7 heteroatoms. The molecule has 0 unspecified atom stereocenters. The van der Waals surface area contributed by atoms with E-state index >= 15 is 0 Å². The van der Waals surface area contributed by atoms with Gasteiger partial charge in [0.15, 0.2) is 0 Å². The van der Waals surface area contributed by atoms with Crippen molar-refractivity contribution in [1.29, 1.82) is 0 Å². The molecule has 3 aromatic rings. The third-order valence-electron chi connectivity index (χ3n) is 2.94. The topological polar surface area (TPSA) is 64.9 Å². The van der Waals surface area contributed by atoms with Crippen LogP contribution in [0.4, 0.5) is 13.8 Å². The first kappa shape index (κ1) is 13.7. The van der Waals surface area contributed by atoms with E-state index in [0.29, 0.717) is 10.6 Å². The van der Waals surface area contributed by atoms with E-state index in [0.717, 1.165) is 29.5 Å². The minimum Gasteiger partial charge on any atom is -0.390 e. The van der Waals surface area contributed by atoms with Crippen LogP contribution in [0.2, 0.25) is 0 Å². The van der Waals surface area contributed by atoms with Gasteiger partial charge in [-0.2, -0.15) is 4.98 Å². The molecule has 0 aliphatic rings. The van der Waals surface area contributed by atoms with Gasteiger partial charge in [0.1, 0.15) is 11.6 Å². The molecule has 0 spiro atoms. The highest BCUT2D eigenvalue weighted by atomic mass is 32.1. The third kappa shape index (κ3) is 2.64. The fourth-order valence-electron chi connectivity index (χ4n) is 1.93. The Bertz CT molecular complexity index is 777. The number of rotatable bonds is 3.